The number of benzene rings is 1. The van der Waals surface area contributed by atoms with E-state index < -0.39 is 40.2 Å². The van der Waals surface area contributed by atoms with Crippen LogP contribution in [0.3, 0.4) is 0 Å². The number of methoxy groups -OCH3 is 2. The van der Waals surface area contributed by atoms with Crippen molar-refractivity contribution in [2.24, 2.45) is 0 Å². The monoisotopic (exact) mass is 333 g/mol. The van der Waals surface area contributed by atoms with Gasteiger partial charge in [-0.15, -0.1) is 0 Å². The first-order chi connectivity index (χ1) is 10.2. The number of halogens is 1. The minimum absolute atomic E-state index is 0.130. The summed E-state index contributed by atoms with van der Waals surface area (Å²) in [5, 5.41) is 0. The Hall–Kier alpha value is -2.00. The van der Waals surface area contributed by atoms with Gasteiger partial charge in [-0.1, -0.05) is 0 Å². The van der Waals surface area contributed by atoms with Crippen LogP contribution >= 0.6 is 0 Å². The Balaban J connectivity index is 3.06. The second-order valence-corrected chi connectivity index (χ2v) is 6.10. The largest absolute Gasteiger partial charge is 0.469 e. The number of carbonyl (C=O) groups excluding carboxylic acids is 2. The molecule has 122 valence electrons. The zero-order valence-corrected chi connectivity index (χ0v) is 13.1. The van der Waals surface area contributed by atoms with E-state index >= 15 is 0 Å². The van der Waals surface area contributed by atoms with Gasteiger partial charge in [0.05, 0.1) is 25.5 Å². The minimum atomic E-state index is -4.13. The first kappa shape index (κ1) is 18.1. The highest BCUT2D eigenvalue weighted by Gasteiger charge is 2.29. The number of sulfonamides is 1. The van der Waals surface area contributed by atoms with Crippen LogP contribution in [0.15, 0.2) is 23.1 Å². The van der Waals surface area contributed by atoms with Gasteiger partial charge in [0.1, 0.15) is 11.9 Å². The Labute approximate surface area is 127 Å². The zero-order chi connectivity index (χ0) is 16.9. The van der Waals surface area contributed by atoms with Crippen LogP contribution in [0.5, 0.6) is 0 Å². The molecule has 0 aliphatic heterocycles. The average molecular weight is 333 g/mol. The van der Waals surface area contributed by atoms with E-state index in [9.17, 15) is 22.4 Å². The number of esters is 2. The van der Waals surface area contributed by atoms with Crippen molar-refractivity contribution in [3.63, 3.8) is 0 Å². The van der Waals surface area contributed by atoms with E-state index in [1.807, 2.05) is 4.72 Å². The Bertz CT molecular complexity index is 673. The van der Waals surface area contributed by atoms with E-state index in [1.165, 1.54) is 6.92 Å². The number of aryl methyl sites for hydroxylation is 1. The molecule has 0 saturated heterocycles. The summed E-state index contributed by atoms with van der Waals surface area (Å²) >= 11 is 0. The Morgan fingerprint density at radius 2 is 1.91 bits per heavy atom. The van der Waals surface area contributed by atoms with Crippen molar-refractivity contribution < 1.29 is 31.9 Å². The minimum Gasteiger partial charge on any atom is -0.469 e. The van der Waals surface area contributed by atoms with Gasteiger partial charge < -0.3 is 9.47 Å². The molecule has 0 amide bonds. The summed E-state index contributed by atoms with van der Waals surface area (Å²) < 4.78 is 48.5. The zero-order valence-electron chi connectivity index (χ0n) is 12.3. The molecule has 0 aliphatic rings. The SMILES string of the molecule is COC(=O)C[C@H](NS(=O)(=O)c1ccc(F)c(C)c1)C(=O)OC. The van der Waals surface area contributed by atoms with E-state index in [0.717, 1.165) is 32.4 Å². The lowest BCUT2D eigenvalue weighted by Crippen LogP contribution is -2.43. The van der Waals surface area contributed by atoms with Crippen LogP contribution in [0.1, 0.15) is 12.0 Å². The molecule has 1 rings (SSSR count). The number of rotatable bonds is 6. The van der Waals surface area contributed by atoms with Gasteiger partial charge in [0.2, 0.25) is 10.0 Å². The summed E-state index contributed by atoms with van der Waals surface area (Å²) in [4.78, 5) is 22.6. The number of hydrogen-bond acceptors (Lipinski definition) is 6. The Morgan fingerprint density at radius 3 is 2.41 bits per heavy atom. The molecule has 1 N–H and O–H groups in total. The second-order valence-electron chi connectivity index (χ2n) is 4.39. The number of hydrogen-bond donors (Lipinski definition) is 1. The molecule has 1 aromatic carbocycles. The van der Waals surface area contributed by atoms with Crippen molar-refractivity contribution in [3.05, 3.63) is 29.6 Å². The maximum Gasteiger partial charge on any atom is 0.324 e. The molecule has 0 spiro atoms. The first-order valence-electron chi connectivity index (χ1n) is 6.14. The summed E-state index contributed by atoms with van der Waals surface area (Å²) in [7, 11) is -1.97. The van der Waals surface area contributed by atoms with Crippen LogP contribution in [-0.2, 0) is 29.1 Å². The highest BCUT2D eigenvalue weighted by molar-refractivity contribution is 7.89. The lowest BCUT2D eigenvalue weighted by atomic mass is 10.2. The van der Waals surface area contributed by atoms with Crippen LogP contribution in [-0.4, -0.2) is 40.6 Å². The molecule has 0 saturated carbocycles. The molecule has 22 heavy (non-hydrogen) atoms. The van der Waals surface area contributed by atoms with E-state index in [0.29, 0.717) is 0 Å². The summed E-state index contributed by atoms with van der Waals surface area (Å²) in [6.45, 7) is 1.40. The second kappa shape index (κ2) is 7.32. The van der Waals surface area contributed by atoms with Crippen LogP contribution < -0.4 is 4.72 Å². The van der Waals surface area contributed by atoms with Gasteiger partial charge in [0.15, 0.2) is 0 Å². The maximum absolute atomic E-state index is 13.2. The number of carbonyl (C=O) groups is 2. The van der Waals surface area contributed by atoms with Crippen LogP contribution in [0.4, 0.5) is 4.39 Å². The third kappa shape index (κ3) is 4.50. The van der Waals surface area contributed by atoms with Gasteiger partial charge in [0.25, 0.3) is 0 Å². The molecule has 0 aliphatic carbocycles. The Kier molecular flexibility index (Phi) is 6.01. The fraction of sp³-hybridized carbons (Fsp3) is 0.385. The van der Waals surface area contributed by atoms with Gasteiger partial charge in [0, 0.05) is 0 Å². The molecule has 0 radical (unpaired) electrons. The van der Waals surface area contributed by atoms with Crippen LogP contribution in [0, 0.1) is 12.7 Å². The standard InChI is InChI=1S/C13H16FNO6S/c1-8-6-9(4-5-10(8)14)22(18,19)15-11(13(17)21-3)7-12(16)20-2/h4-6,11,15H,7H2,1-3H3/t11-/m0/s1. The van der Waals surface area contributed by atoms with Crippen molar-refractivity contribution in [3.8, 4) is 0 Å². The van der Waals surface area contributed by atoms with Crippen molar-refractivity contribution in [2.45, 2.75) is 24.3 Å². The quantitative estimate of drug-likeness (QED) is 0.762. The predicted molar refractivity (Wildman–Crippen MR) is 73.9 cm³/mol. The fourth-order valence-electron chi connectivity index (χ4n) is 1.61. The molecule has 1 aromatic rings. The van der Waals surface area contributed by atoms with Crippen LogP contribution in [0.25, 0.3) is 0 Å². The van der Waals surface area contributed by atoms with Crippen molar-refractivity contribution in [2.75, 3.05) is 14.2 Å². The van der Waals surface area contributed by atoms with Crippen molar-refractivity contribution in [1.29, 1.82) is 0 Å². The molecule has 7 nitrogen and oxygen atoms in total. The topological polar surface area (TPSA) is 98.8 Å². The predicted octanol–water partition coefficient (Wildman–Crippen LogP) is 0.517. The molecule has 0 aromatic heterocycles. The van der Waals surface area contributed by atoms with E-state index in [1.54, 1.807) is 0 Å². The van der Waals surface area contributed by atoms with E-state index in [4.69, 9.17) is 0 Å². The molecule has 0 heterocycles. The normalized spacial score (nSPS) is 12.5. The van der Waals surface area contributed by atoms with Gasteiger partial charge in [-0.25, -0.2) is 12.8 Å². The number of nitrogens with one attached hydrogen (secondary N) is 1. The lowest BCUT2D eigenvalue weighted by molar-refractivity contribution is -0.149. The highest BCUT2D eigenvalue weighted by Crippen LogP contribution is 2.15. The summed E-state index contributed by atoms with van der Waals surface area (Å²) in [6, 6.07) is 1.73. The molecule has 0 bridgehead atoms. The summed E-state index contributed by atoms with van der Waals surface area (Å²) in [6.07, 6.45) is -0.525. The van der Waals surface area contributed by atoms with Gasteiger partial charge >= 0.3 is 11.9 Å². The van der Waals surface area contributed by atoms with Crippen molar-refractivity contribution >= 4 is 22.0 Å². The number of ether oxygens (including phenoxy) is 2. The smallest absolute Gasteiger partial charge is 0.324 e. The Morgan fingerprint density at radius 1 is 1.27 bits per heavy atom. The van der Waals surface area contributed by atoms with Crippen LogP contribution in [0.2, 0.25) is 0 Å². The molecule has 0 unspecified atom stereocenters. The molecular weight excluding hydrogens is 317 g/mol. The average Bonchev–Trinajstić information content (AvgIpc) is 2.47. The van der Waals surface area contributed by atoms with E-state index in [-0.39, 0.29) is 10.5 Å². The first-order valence-corrected chi connectivity index (χ1v) is 7.62. The molecule has 1 atom stereocenters. The van der Waals surface area contributed by atoms with Gasteiger partial charge in [-0.3, -0.25) is 9.59 Å². The molecule has 0 fully saturated rings. The third-order valence-corrected chi connectivity index (χ3v) is 4.29. The van der Waals surface area contributed by atoms with Gasteiger partial charge in [-0.05, 0) is 30.7 Å². The summed E-state index contributed by atoms with van der Waals surface area (Å²) in [5.41, 5.74) is 0.130. The highest BCUT2D eigenvalue weighted by atomic mass is 32.2. The van der Waals surface area contributed by atoms with Crippen molar-refractivity contribution in [1.82, 2.24) is 4.72 Å². The summed E-state index contributed by atoms with van der Waals surface area (Å²) in [5.74, 6) is -2.28. The lowest BCUT2D eigenvalue weighted by Gasteiger charge is -2.15. The molecule has 9 heteroatoms. The van der Waals surface area contributed by atoms with Gasteiger partial charge in [-0.2, -0.15) is 4.72 Å². The van der Waals surface area contributed by atoms with E-state index in [2.05, 4.69) is 9.47 Å². The fourth-order valence-corrected chi connectivity index (χ4v) is 2.87. The third-order valence-electron chi connectivity index (χ3n) is 2.82. The maximum atomic E-state index is 13.2. The molecular formula is C13H16FNO6S.